The topological polar surface area (TPSA) is 77.8 Å². The van der Waals surface area contributed by atoms with Crippen LogP contribution in [0.15, 0.2) is 44.8 Å². The number of H-pyrrole nitrogens is 2. The molecule has 0 unspecified atom stereocenters. The molecule has 6 heteroatoms. The Bertz CT molecular complexity index is 845. The first-order valence-corrected chi connectivity index (χ1v) is 8.03. The Morgan fingerprint density at radius 1 is 1.05 bits per heavy atom. The Kier molecular flexibility index (Phi) is 3.07. The zero-order valence-electron chi connectivity index (χ0n) is 11.7. The van der Waals surface area contributed by atoms with Gasteiger partial charge in [0.25, 0.3) is 5.56 Å². The van der Waals surface area contributed by atoms with Gasteiger partial charge in [-0.15, -0.1) is 0 Å². The molecule has 22 heavy (non-hydrogen) atoms. The number of anilines is 1. The van der Waals surface area contributed by atoms with E-state index in [1.807, 2.05) is 24.3 Å². The molecule has 112 valence electrons. The fourth-order valence-corrected chi connectivity index (χ4v) is 3.62. The van der Waals surface area contributed by atoms with Crippen molar-refractivity contribution in [1.82, 2.24) is 10.2 Å². The molecule has 1 atom stereocenters. The van der Waals surface area contributed by atoms with Crippen molar-refractivity contribution in [3.05, 3.63) is 61.5 Å². The number of aromatic nitrogens is 2. The first-order valence-electron chi connectivity index (χ1n) is 7.24. The molecule has 0 radical (unpaired) electrons. The van der Waals surface area contributed by atoms with Crippen LogP contribution in [0.25, 0.3) is 0 Å². The van der Waals surface area contributed by atoms with Crippen LogP contribution < -0.4 is 10.9 Å². The minimum atomic E-state index is -0.304. The number of halogens is 1. The lowest BCUT2D eigenvalue weighted by Gasteiger charge is -2.31. The van der Waals surface area contributed by atoms with Crippen molar-refractivity contribution in [2.24, 2.45) is 0 Å². The molecular weight excluding hydrogens is 346 g/mol. The van der Waals surface area contributed by atoms with E-state index in [2.05, 4.69) is 31.4 Å². The van der Waals surface area contributed by atoms with Crippen LogP contribution in [0, 0.1) is 0 Å². The second kappa shape index (κ2) is 4.98. The molecule has 1 aromatic carbocycles. The highest BCUT2D eigenvalue weighted by Crippen LogP contribution is 2.43. The maximum atomic E-state index is 12.5. The molecule has 1 aromatic heterocycles. The van der Waals surface area contributed by atoms with Gasteiger partial charge in [0.2, 0.25) is 0 Å². The molecule has 0 saturated carbocycles. The molecule has 2 aliphatic rings. The predicted octanol–water partition coefficient (Wildman–Crippen LogP) is 3.03. The van der Waals surface area contributed by atoms with Gasteiger partial charge in [-0.25, -0.2) is 0 Å². The summed E-state index contributed by atoms with van der Waals surface area (Å²) >= 11 is 3.42. The monoisotopic (exact) mass is 359 g/mol. The molecule has 0 saturated heterocycles. The number of aromatic amines is 2. The number of carbonyl (C=O) groups is 1. The van der Waals surface area contributed by atoms with Crippen LogP contribution in [-0.4, -0.2) is 16.0 Å². The van der Waals surface area contributed by atoms with Crippen molar-refractivity contribution < 1.29 is 4.79 Å². The lowest BCUT2D eigenvalue weighted by atomic mass is 9.77. The summed E-state index contributed by atoms with van der Waals surface area (Å²) in [6.45, 7) is 0. The molecule has 2 heterocycles. The Labute approximate surface area is 134 Å². The molecule has 0 fully saturated rings. The number of rotatable bonds is 1. The Balaban J connectivity index is 1.96. The second-order valence-electron chi connectivity index (χ2n) is 5.65. The van der Waals surface area contributed by atoms with E-state index in [0.717, 1.165) is 34.1 Å². The number of hydrogen-bond donors (Lipinski definition) is 3. The highest BCUT2D eigenvalue weighted by molar-refractivity contribution is 9.10. The number of hydrogen-bond acceptors (Lipinski definition) is 3. The molecule has 1 aliphatic heterocycles. The van der Waals surface area contributed by atoms with E-state index in [-0.39, 0.29) is 17.3 Å². The minimum absolute atomic E-state index is 0.132. The number of benzene rings is 1. The van der Waals surface area contributed by atoms with Crippen molar-refractivity contribution in [2.75, 3.05) is 5.32 Å². The van der Waals surface area contributed by atoms with Gasteiger partial charge in [0.1, 0.15) is 5.82 Å². The van der Waals surface area contributed by atoms with Crippen LogP contribution in [0.2, 0.25) is 0 Å². The van der Waals surface area contributed by atoms with Gasteiger partial charge in [-0.2, -0.15) is 0 Å². The molecular formula is C16H14BrN3O2. The predicted molar refractivity (Wildman–Crippen MR) is 86.9 cm³/mol. The van der Waals surface area contributed by atoms with E-state index < -0.39 is 0 Å². The maximum Gasteiger partial charge on any atom is 0.270 e. The van der Waals surface area contributed by atoms with E-state index in [1.54, 1.807) is 0 Å². The summed E-state index contributed by atoms with van der Waals surface area (Å²) < 4.78 is 0.970. The lowest BCUT2D eigenvalue weighted by Crippen LogP contribution is -2.29. The van der Waals surface area contributed by atoms with E-state index >= 15 is 0 Å². The van der Waals surface area contributed by atoms with Crippen LogP contribution >= 0.6 is 15.9 Å². The summed E-state index contributed by atoms with van der Waals surface area (Å²) in [5.41, 5.74) is 3.05. The first-order chi connectivity index (χ1) is 10.6. The number of allylic oxidation sites excluding steroid dienone is 2. The van der Waals surface area contributed by atoms with E-state index in [1.165, 1.54) is 0 Å². The average Bonchev–Trinajstić information content (AvgIpc) is 2.88. The third-order valence-corrected chi connectivity index (χ3v) is 4.86. The molecule has 5 nitrogen and oxygen atoms in total. The molecule has 3 N–H and O–H groups in total. The van der Waals surface area contributed by atoms with Gasteiger partial charge in [0.05, 0.1) is 5.56 Å². The van der Waals surface area contributed by atoms with Crippen molar-refractivity contribution in [3.8, 4) is 0 Å². The molecule has 2 aromatic rings. The smallest absolute Gasteiger partial charge is 0.270 e. The minimum Gasteiger partial charge on any atom is -0.343 e. The number of Topliss-reactive ketones (excluding diaryl/α,β-unsaturated/α-hetero) is 1. The van der Waals surface area contributed by atoms with E-state index in [9.17, 15) is 9.59 Å². The SMILES string of the molecule is O=C1CCCC2=C1[C@@H](c1ccc(Br)cc1)c1c([nH][nH]c1=O)N2. The molecule has 1 aliphatic carbocycles. The average molecular weight is 360 g/mol. The van der Waals surface area contributed by atoms with E-state index in [0.29, 0.717) is 17.8 Å². The summed E-state index contributed by atoms with van der Waals surface area (Å²) in [4.78, 5) is 24.7. The zero-order chi connectivity index (χ0) is 15.3. The van der Waals surface area contributed by atoms with Crippen molar-refractivity contribution >= 4 is 27.5 Å². The van der Waals surface area contributed by atoms with Gasteiger partial charge in [-0.3, -0.25) is 19.8 Å². The quantitative estimate of drug-likeness (QED) is 0.732. The Morgan fingerprint density at radius 3 is 2.59 bits per heavy atom. The number of fused-ring (bicyclic) bond motifs is 1. The number of carbonyl (C=O) groups excluding carboxylic acids is 1. The highest BCUT2D eigenvalue weighted by atomic mass is 79.9. The fourth-order valence-electron chi connectivity index (χ4n) is 3.35. The Hall–Kier alpha value is -2.08. The van der Waals surface area contributed by atoms with Gasteiger partial charge < -0.3 is 5.32 Å². The van der Waals surface area contributed by atoms with Crippen molar-refractivity contribution in [2.45, 2.75) is 25.2 Å². The van der Waals surface area contributed by atoms with E-state index in [4.69, 9.17) is 0 Å². The summed E-state index contributed by atoms with van der Waals surface area (Å²) in [6, 6.07) is 7.79. The summed E-state index contributed by atoms with van der Waals surface area (Å²) in [5.74, 6) is 0.501. The summed E-state index contributed by atoms with van der Waals surface area (Å²) in [7, 11) is 0. The second-order valence-corrected chi connectivity index (χ2v) is 6.56. The third-order valence-electron chi connectivity index (χ3n) is 4.33. The summed E-state index contributed by atoms with van der Waals surface area (Å²) in [5, 5.41) is 8.73. The van der Waals surface area contributed by atoms with Crippen LogP contribution in [0.1, 0.15) is 36.3 Å². The summed E-state index contributed by atoms with van der Waals surface area (Å²) in [6.07, 6.45) is 2.23. The van der Waals surface area contributed by atoms with Gasteiger partial charge >= 0.3 is 0 Å². The van der Waals surface area contributed by atoms with Gasteiger partial charge in [-0.05, 0) is 30.5 Å². The van der Waals surface area contributed by atoms with Gasteiger partial charge in [0.15, 0.2) is 5.78 Å². The van der Waals surface area contributed by atoms with Crippen molar-refractivity contribution in [3.63, 3.8) is 0 Å². The molecule has 0 spiro atoms. The van der Waals surface area contributed by atoms with Crippen LogP contribution in [0.4, 0.5) is 5.82 Å². The third kappa shape index (κ3) is 1.98. The fraction of sp³-hybridized carbons (Fsp3) is 0.250. The normalized spacial score (nSPS) is 20.4. The van der Waals surface area contributed by atoms with Gasteiger partial charge in [0, 0.05) is 28.1 Å². The lowest BCUT2D eigenvalue weighted by molar-refractivity contribution is -0.116. The standard InChI is InChI=1S/C16H14BrN3O2/c17-9-6-4-8(5-7-9)12-13-10(2-1-3-11(13)21)18-15-14(12)16(22)20-19-15/h4-7,12H,1-3H2,(H3,18,19,20,22)/t12-/m1/s1. The maximum absolute atomic E-state index is 12.5. The first kappa shape index (κ1) is 13.6. The van der Waals surface area contributed by atoms with Gasteiger partial charge in [-0.1, -0.05) is 28.1 Å². The van der Waals surface area contributed by atoms with Crippen LogP contribution in [0.5, 0.6) is 0 Å². The number of nitrogens with one attached hydrogen (secondary N) is 3. The van der Waals surface area contributed by atoms with Crippen LogP contribution in [-0.2, 0) is 4.79 Å². The molecule has 4 rings (SSSR count). The molecule has 0 amide bonds. The zero-order valence-corrected chi connectivity index (χ0v) is 13.3. The number of ketones is 1. The van der Waals surface area contributed by atoms with Crippen LogP contribution in [0.3, 0.4) is 0 Å². The van der Waals surface area contributed by atoms with Crippen molar-refractivity contribution in [1.29, 1.82) is 0 Å². The molecule has 0 bridgehead atoms. The largest absolute Gasteiger partial charge is 0.343 e. The highest BCUT2D eigenvalue weighted by Gasteiger charge is 2.37. The Morgan fingerprint density at radius 2 is 1.82 bits per heavy atom.